The van der Waals surface area contributed by atoms with Gasteiger partial charge >= 0.3 is 6.03 Å². The van der Waals surface area contributed by atoms with Crippen molar-refractivity contribution < 1.29 is 32.6 Å². The largest absolute Gasteiger partial charge is 0.490 e. The maximum Gasteiger partial charge on any atom is 0.321 e. The second-order valence-electron chi connectivity index (χ2n) is 12.1. The highest BCUT2D eigenvalue weighted by Crippen LogP contribution is 2.29. The fraction of sp³-hybridized carbons (Fsp3) is 0.429. The van der Waals surface area contributed by atoms with Crippen LogP contribution in [0.15, 0.2) is 83.8 Å². The Morgan fingerprint density at radius 2 is 1.70 bits per heavy atom. The van der Waals surface area contributed by atoms with Gasteiger partial charge in [0.05, 0.1) is 35.3 Å². The van der Waals surface area contributed by atoms with Gasteiger partial charge in [-0.2, -0.15) is 0 Å². The number of ether oxygens (including phenoxy) is 2. The fourth-order valence-electron chi connectivity index (χ4n) is 5.36. The Morgan fingerprint density at radius 3 is 2.38 bits per heavy atom. The molecule has 3 amide bonds. The lowest BCUT2D eigenvalue weighted by atomic mass is 10.0. The van der Waals surface area contributed by atoms with Crippen molar-refractivity contribution in [2.75, 3.05) is 43.4 Å². The van der Waals surface area contributed by atoms with Crippen LogP contribution in [-0.2, 0) is 14.8 Å². The number of aliphatic hydroxyl groups excluding tert-OH is 1. The van der Waals surface area contributed by atoms with Crippen LogP contribution < -0.4 is 14.8 Å². The Labute approximate surface area is 277 Å². The Hall–Kier alpha value is -4.13. The number of amides is 3. The van der Waals surface area contributed by atoms with E-state index in [9.17, 15) is 23.1 Å². The van der Waals surface area contributed by atoms with Crippen LogP contribution in [0, 0.1) is 5.92 Å². The molecule has 3 aromatic rings. The van der Waals surface area contributed by atoms with Gasteiger partial charge in [0.2, 0.25) is 0 Å². The predicted molar refractivity (Wildman–Crippen MR) is 182 cm³/mol. The summed E-state index contributed by atoms with van der Waals surface area (Å²) in [5, 5.41) is 13.1. The van der Waals surface area contributed by atoms with Crippen molar-refractivity contribution in [3.8, 4) is 5.75 Å². The molecule has 4 atom stereocenters. The lowest BCUT2D eigenvalue weighted by Gasteiger charge is -2.35. The van der Waals surface area contributed by atoms with Crippen LogP contribution >= 0.6 is 0 Å². The third kappa shape index (κ3) is 9.93. The maximum absolute atomic E-state index is 14.3. The Balaban J connectivity index is 1.63. The molecule has 3 N–H and O–H groups in total. The van der Waals surface area contributed by atoms with Crippen LogP contribution in [0.5, 0.6) is 5.75 Å². The summed E-state index contributed by atoms with van der Waals surface area (Å²) in [6, 6.07) is 21.0. The number of fused-ring (bicyclic) bond motifs is 1. The minimum absolute atomic E-state index is 0.0918. The molecule has 0 aromatic heterocycles. The molecule has 1 aliphatic heterocycles. The number of aliphatic hydroxyl groups is 1. The Morgan fingerprint density at radius 1 is 1.02 bits per heavy atom. The molecule has 0 saturated heterocycles. The standard InChI is InChI=1S/C35H46N4O7S/c1-25-22-39(26(2)24-40)34(41)31-21-29(37-47(43,44)30-16-9-6-10-17-30)18-19-32(31)46-27(3)13-11-12-20-45-33(25)23-38(4)35(42)36-28-14-7-5-8-15-28/h5-10,14-19,21,25-27,33,37,40H,11-13,20,22-24H2,1-4H3,(H,36,42)/t25-,26-,27-,33+/m1/s1. The quantitative estimate of drug-likeness (QED) is 0.291. The van der Waals surface area contributed by atoms with Crippen molar-refractivity contribution in [1.82, 2.24) is 9.80 Å². The molecular formula is C35H46N4O7S. The molecule has 0 bridgehead atoms. The molecular weight excluding hydrogens is 620 g/mol. The number of nitrogens with one attached hydrogen (secondary N) is 2. The van der Waals surface area contributed by atoms with E-state index in [0.29, 0.717) is 24.5 Å². The van der Waals surface area contributed by atoms with Gasteiger partial charge in [0, 0.05) is 44.0 Å². The zero-order valence-electron chi connectivity index (χ0n) is 27.5. The average molecular weight is 667 g/mol. The summed E-state index contributed by atoms with van der Waals surface area (Å²) in [4.78, 5) is 30.6. The number of nitrogens with zero attached hydrogens (tertiary/aromatic N) is 2. The number of carbonyl (C=O) groups excluding carboxylic acids is 2. The first-order valence-electron chi connectivity index (χ1n) is 16.0. The summed E-state index contributed by atoms with van der Waals surface area (Å²) in [6.07, 6.45) is 1.65. The number of hydrogen-bond donors (Lipinski definition) is 3. The summed E-state index contributed by atoms with van der Waals surface area (Å²) in [6.45, 7) is 6.27. The molecule has 0 saturated carbocycles. The van der Waals surface area contributed by atoms with E-state index in [2.05, 4.69) is 10.0 Å². The summed E-state index contributed by atoms with van der Waals surface area (Å²) in [7, 11) is -2.22. The molecule has 3 aromatic carbocycles. The van der Waals surface area contributed by atoms with Crippen molar-refractivity contribution in [3.05, 3.63) is 84.4 Å². The molecule has 0 spiro atoms. The molecule has 1 heterocycles. The van der Waals surface area contributed by atoms with Gasteiger partial charge in [-0.3, -0.25) is 9.52 Å². The highest BCUT2D eigenvalue weighted by Gasteiger charge is 2.31. The summed E-state index contributed by atoms with van der Waals surface area (Å²) in [5.74, 6) is -0.339. The zero-order chi connectivity index (χ0) is 34.0. The molecule has 0 unspecified atom stereocenters. The molecule has 12 heteroatoms. The van der Waals surface area contributed by atoms with Crippen molar-refractivity contribution >= 4 is 33.3 Å². The van der Waals surface area contributed by atoms with Gasteiger partial charge in [0.25, 0.3) is 15.9 Å². The van der Waals surface area contributed by atoms with Crippen LogP contribution in [0.4, 0.5) is 16.2 Å². The number of benzene rings is 3. The second-order valence-corrected chi connectivity index (χ2v) is 13.8. The van der Waals surface area contributed by atoms with Crippen LogP contribution in [0.1, 0.15) is 50.4 Å². The average Bonchev–Trinajstić information content (AvgIpc) is 3.06. The first-order chi connectivity index (χ1) is 22.5. The van der Waals surface area contributed by atoms with E-state index in [-0.39, 0.29) is 53.9 Å². The van der Waals surface area contributed by atoms with E-state index in [1.165, 1.54) is 18.2 Å². The SMILES string of the molecule is C[C@@H]1CCCCO[C@@H](CN(C)C(=O)Nc2ccccc2)[C@H](C)CN([C@H](C)CO)C(=O)c2cc(NS(=O)(=O)c3ccccc3)ccc2O1. The van der Waals surface area contributed by atoms with Crippen molar-refractivity contribution in [1.29, 1.82) is 0 Å². The third-order valence-electron chi connectivity index (χ3n) is 8.18. The highest BCUT2D eigenvalue weighted by molar-refractivity contribution is 7.92. The molecule has 1 aliphatic rings. The van der Waals surface area contributed by atoms with Crippen molar-refractivity contribution in [3.63, 3.8) is 0 Å². The third-order valence-corrected chi connectivity index (χ3v) is 9.58. The molecule has 0 fully saturated rings. The van der Waals surface area contributed by atoms with Gasteiger partial charge in [-0.05, 0) is 75.6 Å². The number of sulfonamides is 1. The first-order valence-corrected chi connectivity index (χ1v) is 17.5. The molecule has 254 valence electrons. The molecule has 4 rings (SSSR count). The topological polar surface area (TPSA) is 138 Å². The van der Waals surface area contributed by atoms with E-state index in [0.717, 1.165) is 12.8 Å². The molecule has 0 radical (unpaired) electrons. The van der Waals surface area contributed by atoms with Gasteiger partial charge in [-0.25, -0.2) is 13.2 Å². The number of rotatable bonds is 8. The lowest BCUT2D eigenvalue weighted by molar-refractivity contribution is -0.0115. The number of anilines is 2. The van der Waals surface area contributed by atoms with Gasteiger partial charge in [0.15, 0.2) is 0 Å². The van der Waals surface area contributed by atoms with Crippen LogP contribution in [0.25, 0.3) is 0 Å². The maximum atomic E-state index is 14.3. The fourth-order valence-corrected chi connectivity index (χ4v) is 6.43. The van der Waals surface area contributed by atoms with Crippen molar-refractivity contribution in [2.45, 2.75) is 63.2 Å². The summed E-state index contributed by atoms with van der Waals surface area (Å²) in [5.41, 5.74) is 1.06. The van der Waals surface area contributed by atoms with Gasteiger partial charge in [0.1, 0.15) is 5.75 Å². The molecule has 47 heavy (non-hydrogen) atoms. The zero-order valence-corrected chi connectivity index (χ0v) is 28.3. The van der Waals surface area contributed by atoms with Crippen LogP contribution in [0.2, 0.25) is 0 Å². The second kappa shape index (κ2) is 16.6. The van der Waals surface area contributed by atoms with E-state index in [4.69, 9.17) is 9.47 Å². The summed E-state index contributed by atoms with van der Waals surface area (Å²) >= 11 is 0. The van der Waals surface area contributed by atoms with E-state index in [1.54, 1.807) is 54.1 Å². The first kappa shape index (κ1) is 35.7. The van der Waals surface area contributed by atoms with Gasteiger partial charge in [-0.15, -0.1) is 0 Å². The number of hydrogen-bond acceptors (Lipinski definition) is 7. The number of urea groups is 1. The smallest absolute Gasteiger partial charge is 0.321 e. The molecule has 11 nitrogen and oxygen atoms in total. The van der Waals surface area contributed by atoms with E-state index >= 15 is 0 Å². The molecule has 0 aliphatic carbocycles. The number of carbonyl (C=O) groups is 2. The van der Waals surface area contributed by atoms with E-state index in [1.807, 2.05) is 44.2 Å². The Kier molecular flexibility index (Phi) is 12.6. The normalized spacial score (nSPS) is 20.2. The minimum Gasteiger partial charge on any atom is -0.490 e. The number of likely N-dealkylation sites (N-methyl/N-ethyl adjacent to an activating group) is 1. The lowest BCUT2D eigenvalue weighted by Crippen LogP contribution is -2.48. The van der Waals surface area contributed by atoms with Gasteiger partial charge < -0.3 is 29.7 Å². The van der Waals surface area contributed by atoms with Crippen molar-refractivity contribution in [2.24, 2.45) is 5.92 Å². The number of para-hydroxylation sites is 1. The van der Waals surface area contributed by atoms with Crippen LogP contribution in [-0.4, -0.2) is 86.9 Å². The minimum atomic E-state index is -3.92. The predicted octanol–water partition coefficient (Wildman–Crippen LogP) is 5.45. The Bertz CT molecular complexity index is 1570. The summed E-state index contributed by atoms with van der Waals surface area (Å²) < 4.78 is 41.4. The van der Waals surface area contributed by atoms with E-state index < -0.39 is 28.1 Å². The monoisotopic (exact) mass is 666 g/mol. The highest BCUT2D eigenvalue weighted by atomic mass is 32.2. The van der Waals surface area contributed by atoms with Gasteiger partial charge in [-0.1, -0.05) is 43.3 Å². The van der Waals surface area contributed by atoms with Crippen LogP contribution in [0.3, 0.4) is 0 Å².